The summed E-state index contributed by atoms with van der Waals surface area (Å²) >= 11 is 18.5. The quantitative estimate of drug-likeness (QED) is 0.504. The first-order valence-electron chi connectivity index (χ1n) is 8.19. The zero-order chi connectivity index (χ0) is 19.0. The lowest BCUT2D eigenvalue weighted by molar-refractivity contribution is -0.00103. The van der Waals surface area contributed by atoms with Crippen LogP contribution < -0.4 is 0 Å². The van der Waals surface area contributed by atoms with E-state index in [1.165, 1.54) is 6.33 Å². The topological polar surface area (TPSA) is 55.9 Å². The number of benzene rings is 2. The van der Waals surface area contributed by atoms with Crippen LogP contribution in [0.4, 0.5) is 0 Å². The van der Waals surface area contributed by atoms with Crippen molar-refractivity contribution in [2.75, 3.05) is 0 Å². The first-order chi connectivity index (χ1) is 12.9. The molecular weight excluding hydrogens is 407 g/mol. The van der Waals surface area contributed by atoms with Gasteiger partial charge in [0.15, 0.2) is 0 Å². The molecule has 0 aliphatic heterocycles. The van der Waals surface area contributed by atoms with Gasteiger partial charge in [-0.2, -0.15) is 5.10 Å². The van der Waals surface area contributed by atoms with Crippen molar-refractivity contribution in [1.82, 2.24) is 19.3 Å². The van der Waals surface area contributed by atoms with Crippen LogP contribution in [0, 0.1) is 0 Å². The second kappa shape index (κ2) is 7.17. The molecule has 5 nitrogen and oxygen atoms in total. The molecule has 0 spiro atoms. The molecule has 1 N–H and O–H groups in total. The fourth-order valence-corrected chi connectivity index (χ4v) is 4.03. The van der Waals surface area contributed by atoms with Crippen molar-refractivity contribution < 1.29 is 5.11 Å². The average Bonchev–Trinajstić information content (AvgIpc) is 3.24. The Hall–Kier alpha value is -2.05. The molecule has 0 saturated carbocycles. The molecule has 0 saturated heterocycles. The van der Waals surface area contributed by atoms with Crippen molar-refractivity contribution in [2.24, 2.45) is 0 Å². The Balaban J connectivity index is 1.79. The van der Waals surface area contributed by atoms with E-state index in [1.807, 2.05) is 35.0 Å². The molecule has 4 aromatic rings. The van der Waals surface area contributed by atoms with Gasteiger partial charge in [0.05, 0.1) is 13.1 Å². The van der Waals surface area contributed by atoms with Crippen LogP contribution in [0.1, 0.15) is 5.56 Å². The van der Waals surface area contributed by atoms with Crippen LogP contribution in [0.5, 0.6) is 0 Å². The summed E-state index contributed by atoms with van der Waals surface area (Å²) in [6.07, 6.45) is 4.90. The maximum Gasteiger partial charge on any atom is 0.137 e. The van der Waals surface area contributed by atoms with Gasteiger partial charge in [0, 0.05) is 37.7 Å². The van der Waals surface area contributed by atoms with Gasteiger partial charge in [0.2, 0.25) is 0 Å². The van der Waals surface area contributed by atoms with E-state index < -0.39 is 5.60 Å². The number of halogens is 3. The molecule has 0 amide bonds. The summed E-state index contributed by atoms with van der Waals surface area (Å²) in [5.74, 6) is 0. The second-order valence-electron chi connectivity index (χ2n) is 6.40. The second-order valence-corrected chi connectivity index (χ2v) is 7.68. The van der Waals surface area contributed by atoms with Crippen LogP contribution in [0.25, 0.3) is 10.9 Å². The van der Waals surface area contributed by atoms with E-state index in [1.54, 1.807) is 29.2 Å². The molecule has 0 bridgehead atoms. The lowest BCUT2D eigenvalue weighted by atomic mass is 9.93. The van der Waals surface area contributed by atoms with Crippen LogP contribution in [-0.2, 0) is 18.7 Å². The molecule has 0 radical (unpaired) electrons. The Bertz CT molecular complexity index is 1090. The Morgan fingerprint density at radius 3 is 2.48 bits per heavy atom. The number of hydrogen-bond donors (Lipinski definition) is 1. The molecule has 2 aromatic carbocycles. The van der Waals surface area contributed by atoms with Gasteiger partial charge in [0.1, 0.15) is 18.3 Å². The Labute approximate surface area is 170 Å². The third-order valence-electron chi connectivity index (χ3n) is 4.49. The summed E-state index contributed by atoms with van der Waals surface area (Å²) < 4.78 is 3.54. The van der Waals surface area contributed by atoms with Crippen molar-refractivity contribution in [2.45, 2.75) is 18.7 Å². The van der Waals surface area contributed by atoms with Crippen molar-refractivity contribution in [3.8, 4) is 0 Å². The van der Waals surface area contributed by atoms with E-state index >= 15 is 0 Å². The Kier molecular flexibility index (Phi) is 4.86. The monoisotopic (exact) mass is 420 g/mol. The molecule has 138 valence electrons. The summed E-state index contributed by atoms with van der Waals surface area (Å²) in [5, 5.41) is 18.3. The Morgan fingerprint density at radius 1 is 0.963 bits per heavy atom. The van der Waals surface area contributed by atoms with Gasteiger partial charge in [-0.15, -0.1) is 0 Å². The lowest BCUT2D eigenvalue weighted by Crippen LogP contribution is -2.36. The fourth-order valence-electron chi connectivity index (χ4n) is 3.26. The normalized spacial score (nSPS) is 13.8. The van der Waals surface area contributed by atoms with Crippen molar-refractivity contribution in [3.05, 3.63) is 81.9 Å². The summed E-state index contributed by atoms with van der Waals surface area (Å²) in [7, 11) is 0. The predicted molar refractivity (Wildman–Crippen MR) is 107 cm³/mol. The van der Waals surface area contributed by atoms with E-state index in [9.17, 15) is 5.11 Å². The maximum absolute atomic E-state index is 11.6. The predicted octanol–water partition coefficient (Wildman–Crippen LogP) is 4.78. The van der Waals surface area contributed by atoms with Crippen LogP contribution in [0.3, 0.4) is 0 Å². The maximum atomic E-state index is 11.6. The summed E-state index contributed by atoms with van der Waals surface area (Å²) in [6.45, 7) is 0.445. The molecule has 8 heteroatoms. The minimum Gasteiger partial charge on any atom is -0.381 e. The molecule has 0 aliphatic carbocycles. The standard InChI is InChI=1S/C19H15Cl3N4O/c20-14-2-4-18-13(7-14)5-6-25(18)9-19(27,10-26-12-23-11-24-26)16-3-1-15(21)8-17(16)22/h1-8,11-12,27H,9-10H2. The van der Waals surface area contributed by atoms with Gasteiger partial charge in [0.25, 0.3) is 0 Å². The smallest absolute Gasteiger partial charge is 0.137 e. The van der Waals surface area contributed by atoms with E-state index in [0.717, 1.165) is 10.9 Å². The minimum absolute atomic E-state index is 0.182. The summed E-state index contributed by atoms with van der Waals surface area (Å²) in [5.41, 5.74) is 0.197. The van der Waals surface area contributed by atoms with Gasteiger partial charge in [-0.1, -0.05) is 40.9 Å². The highest BCUT2D eigenvalue weighted by molar-refractivity contribution is 6.35. The fraction of sp³-hybridized carbons (Fsp3) is 0.158. The van der Waals surface area contributed by atoms with Crippen LogP contribution in [0.2, 0.25) is 15.1 Å². The number of hydrogen-bond acceptors (Lipinski definition) is 3. The van der Waals surface area contributed by atoms with Crippen molar-refractivity contribution in [1.29, 1.82) is 0 Å². The number of nitrogens with zero attached hydrogens (tertiary/aromatic N) is 4. The van der Waals surface area contributed by atoms with Gasteiger partial charge < -0.3 is 9.67 Å². The highest BCUT2D eigenvalue weighted by atomic mass is 35.5. The molecule has 27 heavy (non-hydrogen) atoms. The summed E-state index contributed by atoms with van der Waals surface area (Å²) in [4.78, 5) is 3.96. The van der Waals surface area contributed by atoms with Gasteiger partial charge in [-0.05, 0) is 36.4 Å². The van der Waals surface area contributed by atoms with Crippen LogP contribution in [0.15, 0.2) is 61.3 Å². The van der Waals surface area contributed by atoms with Crippen LogP contribution >= 0.6 is 34.8 Å². The first-order valence-corrected chi connectivity index (χ1v) is 9.33. The van der Waals surface area contributed by atoms with E-state index in [0.29, 0.717) is 20.6 Å². The van der Waals surface area contributed by atoms with Gasteiger partial charge in [-0.25, -0.2) is 9.67 Å². The molecule has 1 atom stereocenters. The van der Waals surface area contributed by atoms with Gasteiger partial charge >= 0.3 is 0 Å². The molecule has 2 heterocycles. The number of rotatable bonds is 5. The largest absolute Gasteiger partial charge is 0.381 e. The average molecular weight is 422 g/mol. The molecule has 1 unspecified atom stereocenters. The van der Waals surface area contributed by atoms with Crippen molar-refractivity contribution in [3.63, 3.8) is 0 Å². The Morgan fingerprint density at radius 2 is 1.74 bits per heavy atom. The first kappa shape index (κ1) is 18.3. The molecule has 0 aliphatic rings. The third-order valence-corrected chi connectivity index (χ3v) is 5.27. The zero-order valence-electron chi connectivity index (χ0n) is 14.1. The van der Waals surface area contributed by atoms with Crippen molar-refractivity contribution >= 4 is 45.7 Å². The zero-order valence-corrected chi connectivity index (χ0v) is 16.3. The van der Waals surface area contributed by atoms with E-state index in [4.69, 9.17) is 34.8 Å². The SMILES string of the molecule is OC(Cn1cncn1)(Cn1ccc2cc(Cl)ccc21)c1ccc(Cl)cc1Cl. The molecule has 0 fully saturated rings. The highest BCUT2D eigenvalue weighted by Gasteiger charge is 2.33. The molecular formula is C19H15Cl3N4O. The minimum atomic E-state index is -1.33. The molecule has 4 rings (SSSR count). The van der Waals surface area contributed by atoms with Crippen LogP contribution in [-0.4, -0.2) is 24.4 Å². The summed E-state index contributed by atoms with van der Waals surface area (Å²) in [6, 6.07) is 12.7. The number of fused-ring (bicyclic) bond motifs is 1. The van der Waals surface area contributed by atoms with Gasteiger partial charge in [-0.3, -0.25) is 0 Å². The molecule has 2 aromatic heterocycles. The lowest BCUT2D eigenvalue weighted by Gasteiger charge is -2.30. The number of aromatic nitrogens is 4. The highest BCUT2D eigenvalue weighted by Crippen LogP contribution is 2.34. The number of aliphatic hydroxyl groups is 1. The van der Waals surface area contributed by atoms with E-state index in [2.05, 4.69) is 10.1 Å². The third kappa shape index (κ3) is 3.69. The van der Waals surface area contributed by atoms with E-state index in [-0.39, 0.29) is 13.1 Å².